The highest BCUT2D eigenvalue weighted by molar-refractivity contribution is 4.88. The van der Waals surface area contributed by atoms with Gasteiger partial charge in [-0.3, -0.25) is 0 Å². The Morgan fingerprint density at radius 1 is 1.16 bits per heavy atom. The molecule has 3 nitrogen and oxygen atoms in total. The van der Waals surface area contributed by atoms with E-state index in [1.54, 1.807) is 0 Å². The summed E-state index contributed by atoms with van der Waals surface area (Å²) in [5, 5.41) is 0. The van der Waals surface area contributed by atoms with Gasteiger partial charge in [-0.1, -0.05) is 27.2 Å². The summed E-state index contributed by atoms with van der Waals surface area (Å²) in [4.78, 5) is 0. The Labute approximate surface area is 119 Å². The average molecular weight is 271 g/mol. The van der Waals surface area contributed by atoms with Crippen molar-refractivity contribution in [2.45, 2.75) is 59.5 Å². The third kappa shape index (κ3) is 5.05. The molecule has 0 aromatic heterocycles. The van der Waals surface area contributed by atoms with Crippen LogP contribution in [0.4, 0.5) is 0 Å². The van der Waals surface area contributed by atoms with Gasteiger partial charge in [-0.25, -0.2) is 0 Å². The van der Waals surface area contributed by atoms with Crippen LogP contribution in [0.25, 0.3) is 0 Å². The zero-order chi connectivity index (χ0) is 14.3. The first-order valence-corrected chi connectivity index (χ1v) is 7.94. The van der Waals surface area contributed by atoms with Gasteiger partial charge in [0.05, 0.1) is 19.3 Å². The quantitative estimate of drug-likeness (QED) is 0.689. The SMILES string of the molecule is CCOCCOC1CC(C(C)(C)CC)CCC1CN. The highest BCUT2D eigenvalue weighted by Gasteiger charge is 2.37. The second-order valence-corrected chi connectivity index (χ2v) is 6.45. The van der Waals surface area contributed by atoms with Crippen LogP contribution >= 0.6 is 0 Å². The van der Waals surface area contributed by atoms with E-state index in [0.29, 0.717) is 30.7 Å². The minimum Gasteiger partial charge on any atom is -0.379 e. The summed E-state index contributed by atoms with van der Waals surface area (Å²) in [7, 11) is 0. The summed E-state index contributed by atoms with van der Waals surface area (Å²) in [6.45, 7) is 12.0. The average Bonchev–Trinajstić information content (AvgIpc) is 2.43. The predicted molar refractivity (Wildman–Crippen MR) is 80.2 cm³/mol. The Kier molecular flexibility index (Phi) is 7.33. The largest absolute Gasteiger partial charge is 0.379 e. The van der Waals surface area contributed by atoms with E-state index >= 15 is 0 Å². The van der Waals surface area contributed by atoms with Crippen LogP contribution in [0.5, 0.6) is 0 Å². The Bertz CT molecular complexity index is 243. The van der Waals surface area contributed by atoms with Gasteiger partial charge in [0.1, 0.15) is 0 Å². The molecule has 0 aromatic rings. The molecule has 1 saturated carbocycles. The van der Waals surface area contributed by atoms with Crippen LogP contribution in [-0.2, 0) is 9.47 Å². The van der Waals surface area contributed by atoms with Gasteiger partial charge < -0.3 is 15.2 Å². The van der Waals surface area contributed by atoms with E-state index < -0.39 is 0 Å². The lowest BCUT2D eigenvalue weighted by Crippen LogP contribution is -2.40. The summed E-state index contributed by atoms with van der Waals surface area (Å²) in [6, 6.07) is 0. The van der Waals surface area contributed by atoms with Crippen molar-refractivity contribution < 1.29 is 9.47 Å². The monoisotopic (exact) mass is 271 g/mol. The van der Waals surface area contributed by atoms with Crippen molar-refractivity contribution >= 4 is 0 Å². The first kappa shape index (κ1) is 16.9. The summed E-state index contributed by atoms with van der Waals surface area (Å²) in [5.41, 5.74) is 6.32. The third-order valence-electron chi connectivity index (χ3n) is 5.01. The van der Waals surface area contributed by atoms with Gasteiger partial charge in [0.15, 0.2) is 0 Å². The van der Waals surface area contributed by atoms with Gasteiger partial charge in [-0.05, 0) is 50.0 Å². The number of ether oxygens (including phenoxy) is 2. The lowest BCUT2D eigenvalue weighted by Gasteiger charge is -2.42. The minimum absolute atomic E-state index is 0.329. The summed E-state index contributed by atoms with van der Waals surface area (Å²) < 4.78 is 11.4. The van der Waals surface area contributed by atoms with Crippen LogP contribution in [0.1, 0.15) is 53.4 Å². The lowest BCUT2D eigenvalue weighted by molar-refractivity contribution is -0.0603. The number of hydrogen-bond donors (Lipinski definition) is 1. The van der Waals surface area contributed by atoms with Crippen molar-refractivity contribution in [3.63, 3.8) is 0 Å². The van der Waals surface area contributed by atoms with Gasteiger partial charge >= 0.3 is 0 Å². The Morgan fingerprint density at radius 2 is 1.89 bits per heavy atom. The van der Waals surface area contributed by atoms with E-state index in [2.05, 4.69) is 20.8 Å². The molecule has 0 bridgehead atoms. The third-order valence-corrected chi connectivity index (χ3v) is 5.01. The fourth-order valence-electron chi connectivity index (χ4n) is 3.07. The molecule has 1 fully saturated rings. The van der Waals surface area contributed by atoms with Crippen LogP contribution in [0.15, 0.2) is 0 Å². The molecule has 0 amide bonds. The Hall–Kier alpha value is -0.120. The maximum absolute atomic E-state index is 6.05. The van der Waals surface area contributed by atoms with Crippen LogP contribution < -0.4 is 5.73 Å². The molecule has 2 N–H and O–H groups in total. The number of hydrogen-bond acceptors (Lipinski definition) is 3. The fourth-order valence-corrected chi connectivity index (χ4v) is 3.07. The zero-order valence-corrected chi connectivity index (χ0v) is 13.3. The molecule has 0 heterocycles. The molecule has 1 aliphatic carbocycles. The second-order valence-electron chi connectivity index (χ2n) is 6.45. The van der Waals surface area contributed by atoms with Gasteiger partial charge in [-0.15, -0.1) is 0 Å². The van der Waals surface area contributed by atoms with Crippen LogP contribution in [0.3, 0.4) is 0 Å². The summed E-state index contributed by atoms with van der Waals surface area (Å²) in [6.07, 6.45) is 5.23. The van der Waals surface area contributed by atoms with E-state index in [-0.39, 0.29) is 0 Å². The summed E-state index contributed by atoms with van der Waals surface area (Å²) in [5.74, 6) is 1.29. The molecule has 3 atom stereocenters. The van der Waals surface area contributed by atoms with Gasteiger partial charge in [0.25, 0.3) is 0 Å². The molecule has 1 rings (SSSR count). The Balaban J connectivity index is 2.49. The topological polar surface area (TPSA) is 44.5 Å². The molecular weight excluding hydrogens is 238 g/mol. The standard InChI is InChI=1S/C16H33NO2/c1-5-16(3,4)14-8-7-13(12-17)15(11-14)19-10-9-18-6-2/h13-15H,5-12,17H2,1-4H3. The maximum Gasteiger partial charge on any atom is 0.0704 e. The molecule has 19 heavy (non-hydrogen) atoms. The molecule has 3 heteroatoms. The first-order chi connectivity index (χ1) is 9.05. The van der Waals surface area contributed by atoms with Crippen molar-refractivity contribution in [3.05, 3.63) is 0 Å². The zero-order valence-electron chi connectivity index (χ0n) is 13.3. The van der Waals surface area contributed by atoms with Gasteiger partial charge in [0.2, 0.25) is 0 Å². The van der Waals surface area contributed by atoms with E-state index in [4.69, 9.17) is 15.2 Å². The predicted octanol–water partition coefficient (Wildman–Crippen LogP) is 3.22. The van der Waals surface area contributed by atoms with E-state index in [0.717, 1.165) is 25.5 Å². The van der Waals surface area contributed by atoms with Crippen LogP contribution in [0, 0.1) is 17.3 Å². The van der Waals surface area contributed by atoms with Crippen molar-refractivity contribution in [2.24, 2.45) is 23.0 Å². The van der Waals surface area contributed by atoms with Crippen LogP contribution in [0.2, 0.25) is 0 Å². The molecule has 1 aliphatic rings. The van der Waals surface area contributed by atoms with Crippen molar-refractivity contribution in [1.82, 2.24) is 0 Å². The molecule has 0 radical (unpaired) electrons. The molecule has 0 aromatic carbocycles. The van der Waals surface area contributed by atoms with Crippen LogP contribution in [-0.4, -0.2) is 32.5 Å². The van der Waals surface area contributed by atoms with Crippen molar-refractivity contribution in [2.75, 3.05) is 26.4 Å². The second kappa shape index (κ2) is 8.23. The lowest BCUT2D eigenvalue weighted by atomic mass is 9.66. The Morgan fingerprint density at radius 3 is 2.47 bits per heavy atom. The fraction of sp³-hybridized carbons (Fsp3) is 1.00. The summed E-state index contributed by atoms with van der Waals surface area (Å²) >= 11 is 0. The highest BCUT2D eigenvalue weighted by Crippen LogP contribution is 2.42. The normalized spacial score (nSPS) is 28.6. The highest BCUT2D eigenvalue weighted by atomic mass is 16.5. The first-order valence-electron chi connectivity index (χ1n) is 7.94. The van der Waals surface area contributed by atoms with E-state index in [9.17, 15) is 0 Å². The molecular formula is C16H33NO2. The molecule has 114 valence electrons. The molecule has 0 saturated heterocycles. The van der Waals surface area contributed by atoms with Crippen molar-refractivity contribution in [1.29, 1.82) is 0 Å². The van der Waals surface area contributed by atoms with Gasteiger partial charge in [-0.2, -0.15) is 0 Å². The smallest absolute Gasteiger partial charge is 0.0704 e. The van der Waals surface area contributed by atoms with Gasteiger partial charge in [0, 0.05) is 6.61 Å². The molecule has 0 aliphatic heterocycles. The maximum atomic E-state index is 6.05. The van der Waals surface area contributed by atoms with Crippen molar-refractivity contribution in [3.8, 4) is 0 Å². The number of rotatable bonds is 8. The van der Waals surface area contributed by atoms with E-state index in [1.807, 2.05) is 6.92 Å². The minimum atomic E-state index is 0.329. The van der Waals surface area contributed by atoms with E-state index in [1.165, 1.54) is 19.3 Å². The molecule has 0 spiro atoms. The number of nitrogens with two attached hydrogens (primary N) is 1. The molecule has 3 unspecified atom stereocenters.